The number of carbonyl (C=O) groups excluding carboxylic acids is 2. The number of amides is 1. The second kappa shape index (κ2) is 10.5. The topological polar surface area (TPSA) is 83.1 Å². The molecule has 162 valence electrons. The van der Waals surface area contributed by atoms with Crippen molar-refractivity contribution in [2.75, 3.05) is 14.2 Å². The lowest BCUT2D eigenvalue weighted by atomic mass is 10.0. The average Bonchev–Trinajstić information content (AvgIpc) is 2.71. The number of rotatable bonds is 8. The van der Waals surface area contributed by atoms with Crippen LogP contribution in [0.2, 0.25) is 0 Å². The van der Waals surface area contributed by atoms with Gasteiger partial charge in [-0.25, -0.2) is 9.59 Å². The third kappa shape index (κ3) is 6.99. The number of hydrogen-bond acceptors (Lipinski definition) is 6. The van der Waals surface area contributed by atoms with Gasteiger partial charge in [0.05, 0.1) is 14.2 Å². The molecule has 2 rings (SSSR count). The van der Waals surface area contributed by atoms with Crippen molar-refractivity contribution in [2.45, 2.75) is 45.4 Å². The van der Waals surface area contributed by atoms with Gasteiger partial charge in [0.25, 0.3) is 0 Å². The number of esters is 1. The summed E-state index contributed by atoms with van der Waals surface area (Å²) in [6.07, 6.45) is -0.598. The van der Waals surface area contributed by atoms with E-state index in [9.17, 15) is 9.59 Å². The highest BCUT2D eigenvalue weighted by atomic mass is 16.6. The number of nitrogens with one attached hydrogen (secondary N) is 1. The van der Waals surface area contributed by atoms with Crippen LogP contribution in [0, 0.1) is 0 Å². The molecule has 2 aromatic carbocycles. The molecular formula is C23H29NO6. The van der Waals surface area contributed by atoms with Crippen LogP contribution < -0.4 is 14.8 Å². The molecule has 0 spiro atoms. The first-order chi connectivity index (χ1) is 14.2. The molecule has 0 aliphatic rings. The van der Waals surface area contributed by atoms with E-state index in [2.05, 4.69) is 5.32 Å². The van der Waals surface area contributed by atoms with E-state index < -0.39 is 23.7 Å². The van der Waals surface area contributed by atoms with Crippen LogP contribution >= 0.6 is 0 Å². The van der Waals surface area contributed by atoms with Crippen LogP contribution in [-0.4, -0.2) is 37.9 Å². The summed E-state index contributed by atoms with van der Waals surface area (Å²) in [5.41, 5.74) is 0.948. The SMILES string of the molecule is COC(=O)[C@H](Cc1c(OC)cccc1OCc1ccccc1)NC(=O)OC(C)(C)C. The first kappa shape index (κ1) is 23.1. The van der Waals surface area contributed by atoms with Crippen molar-refractivity contribution < 1.29 is 28.5 Å². The second-order valence-corrected chi connectivity index (χ2v) is 7.64. The summed E-state index contributed by atoms with van der Waals surface area (Å²) in [7, 11) is 2.80. The van der Waals surface area contributed by atoms with Crippen molar-refractivity contribution in [1.82, 2.24) is 5.32 Å². The maximum absolute atomic E-state index is 12.3. The Balaban J connectivity index is 2.24. The van der Waals surface area contributed by atoms with Gasteiger partial charge in [-0.15, -0.1) is 0 Å². The van der Waals surface area contributed by atoms with Gasteiger partial charge in [0.15, 0.2) is 0 Å². The smallest absolute Gasteiger partial charge is 0.408 e. The molecule has 1 atom stereocenters. The van der Waals surface area contributed by atoms with E-state index in [4.69, 9.17) is 18.9 Å². The van der Waals surface area contributed by atoms with Crippen molar-refractivity contribution in [3.8, 4) is 11.5 Å². The first-order valence-corrected chi connectivity index (χ1v) is 9.63. The minimum absolute atomic E-state index is 0.111. The third-order valence-corrected chi connectivity index (χ3v) is 4.13. The Kier molecular flexibility index (Phi) is 8.09. The lowest BCUT2D eigenvalue weighted by molar-refractivity contribution is -0.143. The van der Waals surface area contributed by atoms with E-state index in [1.54, 1.807) is 39.0 Å². The largest absolute Gasteiger partial charge is 0.496 e. The van der Waals surface area contributed by atoms with Gasteiger partial charge in [-0.2, -0.15) is 0 Å². The summed E-state index contributed by atoms with van der Waals surface area (Å²) in [4.78, 5) is 24.6. The van der Waals surface area contributed by atoms with Gasteiger partial charge in [0, 0.05) is 12.0 Å². The normalized spacial score (nSPS) is 11.9. The average molecular weight is 415 g/mol. The molecule has 2 aromatic rings. The van der Waals surface area contributed by atoms with Gasteiger partial charge < -0.3 is 24.3 Å². The minimum Gasteiger partial charge on any atom is -0.496 e. The summed E-state index contributed by atoms with van der Waals surface area (Å²) in [6, 6.07) is 14.1. The molecule has 0 saturated carbocycles. The van der Waals surface area contributed by atoms with Gasteiger partial charge in [-0.3, -0.25) is 0 Å². The molecule has 0 bridgehead atoms. The number of benzene rings is 2. The van der Waals surface area contributed by atoms with Crippen LogP contribution in [0.1, 0.15) is 31.9 Å². The highest BCUT2D eigenvalue weighted by molar-refractivity contribution is 5.82. The number of alkyl carbamates (subject to hydrolysis) is 1. The third-order valence-electron chi connectivity index (χ3n) is 4.13. The maximum Gasteiger partial charge on any atom is 0.408 e. The number of carbonyl (C=O) groups is 2. The van der Waals surface area contributed by atoms with Crippen molar-refractivity contribution in [3.63, 3.8) is 0 Å². The summed E-state index contributed by atoms with van der Waals surface area (Å²) in [5, 5.41) is 2.58. The van der Waals surface area contributed by atoms with Crippen molar-refractivity contribution in [3.05, 3.63) is 59.7 Å². The zero-order valence-corrected chi connectivity index (χ0v) is 18.1. The molecule has 0 aliphatic heterocycles. The zero-order valence-electron chi connectivity index (χ0n) is 18.1. The van der Waals surface area contributed by atoms with Gasteiger partial charge in [0.1, 0.15) is 29.7 Å². The predicted molar refractivity (Wildman–Crippen MR) is 113 cm³/mol. The quantitative estimate of drug-likeness (QED) is 0.659. The summed E-state index contributed by atoms with van der Waals surface area (Å²) in [5.74, 6) is 0.499. The van der Waals surface area contributed by atoms with Gasteiger partial charge in [0.2, 0.25) is 0 Å². The minimum atomic E-state index is -0.972. The number of ether oxygens (including phenoxy) is 4. The fourth-order valence-electron chi connectivity index (χ4n) is 2.80. The van der Waals surface area contributed by atoms with Crippen LogP contribution in [0.15, 0.2) is 48.5 Å². The van der Waals surface area contributed by atoms with Crippen molar-refractivity contribution in [2.24, 2.45) is 0 Å². The monoisotopic (exact) mass is 415 g/mol. The Hall–Kier alpha value is -3.22. The molecule has 0 aliphatic carbocycles. The first-order valence-electron chi connectivity index (χ1n) is 9.63. The lowest BCUT2D eigenvalue weighted by Crippen LogP contribution is -2.45. The highest BCUT2D eigenvalue weighted by Gasteiger charge is 2.27. The molecule has 0 unspecified atom stereocenters. The van der Waals surface area contributed by atoms with Crippen molar-refractivity contribution >= 4 is 12.1 Å². The Bertz CT molecular complexity index is 845. The molecule has 0 aromatic heterocycles. The molecule has 7 heteroatoms. The second-order valence-electron chi connectivity index (χ2n) is 7.64. The van der Waals surface area contributed by atoms with E-state index in [1.165, 1.54) is 14.2 Å². The maximum atomic E-state index is 12.3. The van der Waals surface area contributed by atoms with E-state index in [0.29, 0.717) is 23.7 Å². The fourth-order valence-corrected chi connectivity index (χ4v) is 2.80. The summed E-state index contributed by atoms with van der Waals surface area (Å²) < 4.78 is 21.6. The van der Waals surface area contributed by atoms with Crippen LogP contribution in [-0.2, 0) is 27.3 Å². The van der Waals surface area contributed by atoms with Gasteiger partial charge in [-0.1, -0.05) is 36.4 Å². The summed E-state index contributed by atoms with van der Waals surface area (Å²) in [6.45, 7) is 5.59. The van der Waals surface area contributed by atoms with Crippen LogP contribution in [0.3, 0.4) is 0 Å². The molecular weight excluding hydrogens is 386 g/mol. The predicted octanol–water partition coefficient (Wildman–Crippen LogP) is 3.88. The summed E-state index contributed by atoms with van der Waals surface area (Å²) >= 11 is 0. The van der Waals surface area contributed by atoms with E-state index in [-0.39, 0.29) is 6.42 Å². The van der Waals surface area contributed by atoms with Gasteiger partial charge in [-0.05, 0) is 38.5 Å². The van der Waals surface area contributed by atoms with Crippen molar-refractivity contribution in [1.29, 1.82) is 0 Å². The standard InChI is InChI=1S/C23H29NO6/c1-23(2,3)30-22(26)24-18(21(25)28-5)14-17-19(27-4)12-9-13-20(17)29-15-16-10-7-6-8-11-16/h6-13,18H,14-15H2,1-5H3,(H,24,26)/t18-/m0/s1. The van der Waals surface area contributed by atoms with E-state index in [1.807, 2.05) is 30.3 Å². The van der Waals surface area contributed by atoms with E-state index in [0.717, 1.165) is 5.56 Å². The molecule has 1 amide bonds. The molecule has 7 nitrogen and oxygen atoms in total. The Morgan fingerprint density at radius 1 is 0.967 bits per heavy atom. The van der Waals surface area contributed by atoms with E-state index >= 15 is 0 Å². The van der Waals surface area contributed by atoms with Crippen LogP contribution in [0.25, 0.3) is 0 Å². The van der Waals surface area contributed by atoms with Gasteiger partial charge >= 0.3 is 12.1 Å². The Morgan fingerprint density at radius 2 is 1.63 bits per heavy atom. The zero-order chi connectivity index (χ0) is 22.1. The molecule has 0 fully saturated rings. The molecule has 1 N–H and O–H groups in total. The Morgan fingerprint density at radius 3 is 2.23 bits per heavy atom. The molecule has 30 heavy (non-hydrogen) atoms. The molecule has 0 radical (unpaired) electrons. The fraction of sp³-hybridized carbons (Fsp3) is 0.391. The lowest BCUT2D eigenvalue weighted by Gasteiger charge is -2.23. The number of methoxy groups -OCH3 is 2. The number of hydrogen-bond donors (Lipinski definition) is 1. The Labute approximate surface area is 177 Å². The molecule has 0 heterocycles. The van der Waals surface area contributed by atoms with Crippen LogP contribution in [0.4, 0.5) is 4.79 Å². The highest BCUT2D eigenvalue weighted by Crippen LogP contribution is 2.30. The molecule has 0 saturated heterocycles. The van der Waals surface area contributed by atoms with Crippen LogP contribution in [0.5, 0.6) is 11.5 Å².